The third-order valence-corrected chi connectivity index (χ3v) is 6.12. The van der Waals surface area contributed by atoms with Gasteiger partial charge in [0.05, 0.1) is 22.2 Å². The summed E-state index contributed by atoms with van der Waals surface area (Å²) >= 11 is 0. The molecular formula is C25H24F4N4O. The predicted molar refractivity (Wildman–Crippen MR) is 122 cm³/mol. The highest BCUT2D eigenvalue weighted by Gasteiger charge is 2.30. The van der Waals surface area contributed by atoms with E-state index in [2.05, 4.69) is 10.2 Å². The number of piperidine rings is 1. The van der Waals surface area contributed by atoms with E-state index in [1.807, 2.05) is 6.07 Å². The van der Waals surface area contributed by atoms with Gasteiger partial charge in [0, 0.05) is 25.8 Å². The fourth-order valence-corrected chi connectivity index (χ4v) is 4.28. The van der Waals surface area contributed by atoms with Crippen molar-refractivity contribution in [3.63, 3.8) is 0 Å². The van der Waals surface area contributed by atoms with Crippen LogP contribution in [-0.2, 0) is 12.7 Å². The number of anilines is 1. The first-order valence-electron chi connectivity index (χ1n) is 11.2. The van der Waals surface area contributed by atoms with Gasteiger partial charge >= 0.3 is 6.18 Å². The molecule has 0 bridgehead atoms. The molecule has 0 unspecified atom stereocenters. The number of hydrogen-bond donors (Lipinski definition) is 1. The largest absolute Gasteiger partial charge is 0.416 e. The van der Waals surface area contributed by atoms with Crippen LogP contribution in [0.15, 0.2) is 47.4 Å². The van der Waals surface area contributed by atoms with Crippen molar-refractivity contribution in [1.29, 1.82) is 5.26 Å². The maximum atomic E-state index is 14.8. The Morgan fingerprint density at radius 1 is 1.06 bits per heavy atom. The number of likely N-dealkylation sites (tertiary alicyclic amines) is 1. The van der Waals surface area contributed by atoms with Gasteiger partial charge < -0.3 is 14.8 Å². The summed E-state index contributed by atoms with van der Waals surface area (Å²) in [5.74, 6) is -0.598. The molecule has 1 aliphatic rings. The highest BCUT2D eigenvalue weighted by atomic mass is 19.4. The van der Waals surface area contributed by atoms with Gasteiger partial charge in [0.15, 0.2) is 0 Å². The molecule has 0 atom stereocenters. The molecule has 1 aliphatic heterocycles. The number of nitrogens with one attached hydrogen (secondary N) is 1. The monoisotopic (exact) mass is 472 g/mol. The number of nitrogens with zero attached hydrogens (tertiary/aromatic N) is 3. The summed E-state index contributed by atoms with van der Waals surface area (Å²) in [7, 11) is 0. The molecule has 0 spiro atoms. The Kier molecular flexibility index (Phi) is 6.89. The van der Waals surface area contributed by atoms with Gasteiger partial charge in [-0.3, -0.25) is 4.79 Å². The van der Waals surface area contributed by atoms with Crippen molar-refractivity contribution in [3.05, 3.63) is 75.3 Å². The van der Waals surface area contributed by atoms with E-state index >= 15 is 0 Å². The van der Waals surface area contributed by atoms with Crippen LogP contribution in [0.4, 0.5) is 23.2 Å². The Balaban J connectivity index is 1.64. The van der Waals surface area contributed by atoms with Crippen LogP contribution >= 0.6 is 0 Å². The van der Waals surface area contributed by atoms with Crippen molar-refractivity contribution >= 4 is 16.6 Å². The van der Waals surface area contributed by atoms with Crippen LogP contribution in [0.1, 0.15) is 36.0 Å². The molecule has 0 radical (unpaired) electrons. The third kappa shape index (κ3) is 5.23. The first-order chi connectivity index (χ1) is 16.3. The van der Waals surface area contributed by atoms with Gasteiger partial charge in [-0.25, -0.2) is 4.39 Å². The molecule has 9 heteroatoms. The van der Waals surface area contributed by atoms with Crippen LogP contribution in [-0.4, -0.2) is 35.6 Å². The minimum absolute atomic E-state index is 0.0463. The molecule has 3 aromatic rings. The Morgan fingerprint density at radius 2 is 1.76 bits per heavy atom. The van der Waals surface area contributed by atoms with E-state index in [-0.39, 0.29) is 23.2 Å². The molecule has 0 aliphatic carbocycles. The van der Waals surface area contributed by atoms with Gasteiger partial charge in [-0.1, -0.05) is 18.6 Å². The van der Waals surface area contributed by atoms with Gasteiger partial charge in [0.1, 0.15) is 17.4 Å². The lowest BCUT2D eigenvalue weighted by Gasteiger charge is -2.26. The Bertz CT molecular complexity index is 1270. The van der Waals surface area contributed by atoms with Crippen LogP contribution in [0.2, 0.25) is 0 Å². The molecule has 1 aromatic heterocycles. The zero-order chi connectivity index (χ0) is 24.3. The summed E-state index contributed by atoms with van der Waals surface area (Å²) < 4.78 is 55.0. The summed E-state index contributed by atoms with van der Waals surface area (Å²) in [6.45, 7) is 3.45. The lowest BCUT2D eigenvalue weighted by molar-refractivity contribution is -0.137. The minimum Gasteiger partial charge on any atom is -0.381 e. The maximum Gasteiger partial charge on any atom is 0.416 e. The first kappa shape index (κ1) is 23.8. The van der Waals surface area contributed by atoms with E-state index in [1.54, 1.807) is 4.57 Å². The van der Waals surface area contributed by atoms with E-state index in [4.69, 9.17) is 0 Å². The molecule has 4 rings (SSSR count). The van der Waals surface area contributed by atoms with Crippen LogP contribution in [0.5, 0.6) is 0 Å². The number of nitriles is 1. The number of pyridine rings is 1. The second-order valence-corrected chi connectivity index (χ2v) is 8.48. The lowest BCUT2D eigenvalue weighted by atomic mass is 10.1. The molecule has 0 amide bonds. The Morgan fingerprint density at radius 3 is 2.41 bits per heavy atom. The number of fused-ring (bicyclic) bond motifs is 1. The summed E-state index contributed by atoms with van der Waals surface area (Å²) in [6.07, 6.45) is 0.453. The molecular weight excluding hydrogens is 448 g/mol. The third-order valence-electron chi connectivity index (χ3n) is 6.12. The zero-order valence-electron chi connectivity index (χ0n) is 18.5. The fraction of sp³-hybridized carbons (Fsp3) is 0.360. The molecule has 178 valence electrons. The summed E-state index contributed by atoms with van der Waals surface area (Å²) in [5, 5.41) is 12.5. The average molecular weight is 472 g/mol. The Labute approximate surface area is 194 Å². The van der Waals surface area contributed by atoms with Crippen molar-refractivity contribution in [2.75, 3.05) is 31.5 Å². The summed E-state index contributed by atoms with van der Waals surface area (Å²) in [4.78, 5) is 15.0. The summed E-state index contributed by atoms with van der Waals surface area (Å²) in [6, 6.07) is 9.12. The van der Waals surface area contributed by atoms with Crippen LogP contribution in [0.25, 0.3) is 10.9 Å². The van der Waals surface area contributed by atoms with Crippen molar-refractivity contribution in [3.8, 4) is 6.07 Å². The van der Waals surface area contributed by atoms with Crippen molar-refractivity contribution in [2.24, 2.45) is 0 Å². The van der Waals surface area contributed by atoms with Gasteiger partial charge in [-0.15, -0.1) is 0 Å². The molecule has 1 saturated heterocycles. The topological polar surface area (TPSA) is 61.1 Å². The van der Waals surface area contributed by atoms with E-state index in [1.165, 1.54) is 30.8 Å². The molecule has 2 aromatic carbocycles. The SMILES string of the molecule is N#Cc1cn(Cc2ccc(C(F)(F)F)cc2)c2cc(NCCN3CCCCC3)c(F)cc2c1=O. The minimum atomic E-state index is -4.44. The standard InChI is InChI=1S/C25H24F4N4O/c26-21-12-20-23(13-22(21)31-8-11-32-9-2-1-3-10-32)33(16-18(14-30)24(20)34)15-17-4-6-19(7-5-17)25(27,28)29/h4-7,12-13,16,31H,1-3,8-11,15H2. The quantitative estimate of drug-likeness (QED) is 0.515. The number of benzene rings is 2. The second-order valence-electron chi connectivity index (χ2n) is 8.48. The molecule has 1 N–H and O–H groups in total. The summed E-state index contributed by atoms with van der Waals surface area (Å²) in [5.41, 5.74) is -0.336. The number of hydrogen-bond acceptors (Lipinski definition) is 4. The smallest absolute Gasteiger partial charge is 0.381 e. The molecule has 34 heavy (non-hydrogen) atoms. The first-order valence-corrected chi connectivity index (χ1v) is 11.2. The normalized spacial score (nSPS) is 14.8. The van der Waals surface area contributed by atoms with Crippen molar-refractivity contribution < 1.29 is 17.6 Å². The highest BCUT2D eigenvalue weighted by Crippen LogP contribution is 2.29. The number of halogens is 4. The van der Waals surface area contributed by atoms with Crippen molar-refractivity contribution in [1.82, 2.24) is 9.47 Å². The van der Waals surface area contributed by atoms with E-state index in [0.29, 0.717) is 17.6 Å². The number of alkyl halides is 3. The molecule has 2 heterocycles. The predicted octanol–water partition coefficient (Wildman–Crippen LogP) is 4.98. The van der Waals surface area contributed by atoms with Gasteiger partial charge in [0.2, 0.25) is 5.43 Å². The van der Waals surface area contributed by atoms with Crippen LogP contribution < -0.4 is 10.7 Å². The molecule has 5 nitrogen and oxygen atoms in total. The average Bonchev–Trinajstić information content (AvgIpc) is 2.82. The second kappa shape index (κ2) is 9.85. The molecule has 1 fully saturated rings. The van der Waals surface area contributed by atoms with Crippen LogP contribution in [0.3, 0.4) is 0 Å². The Hall–Kier alpha value is -3.38. The molecule has 0 saturated carbocycles. The van der Waals surface area contributed by atoms with Gasteiger partial charge in [0.25, 0.3) is 0 Å². The van der Waals surface area contributed by atoms with Crippen molar-refractivity contribution in [2.45, 2.75) is 32.0 Å². The van der Waals surface area contributed by atoms with Gasteiger partial charge in [-0.05, 0) is 55.8 Å². The number of rotatable bonds is 6. The highest BCUT2D eigenvalue weighted by molar-refractivity contribution is 5.84. The lowest BCUT2D eigenvalue weighted by Crippen LogP contribution is -2.33. The maximum absolute atomic E-state index is 14.8. The van der Waals surface area contributed by atoms with E-state index < -0.39 is 23.0 Å². The van der Waals surface area contributed by atoms with Crippen LogP contribution in [0, 0.1) is 17.1 Å². The van der Waals surface area contributed by atoms with Gasteiger partial charge in [-0.2, -0.15) is 18.4 Å². The zero-order valence-corrected chi connectivity index (χ0v) is 18.5. The van der Waals surface area contributed by atoms with E-state index in [0.717, 1.165) is 50.7 Å². The number of aromatic nitrogens is 1. The fourth-order valence-electron chi connectivity index (χ4n) is 4.28. The van der Waals surface area contributed by atoms with E-state index in [9.17, 15) is 27.6 Å².